The van der Waals surface area contributed by atoms with Crippen LogP contribution in [0.4, 0.5) is 0 Å². The van der Waals surface area contributed by atoms with Crippen molar-refractivity contribution < 1.29 is 9.59 Å². The molecule has 2 aromatic carbocycles. The van der Waals surface area contributed by atoms with Crippen LogP contribution in [0.25, 0.3) is 11.0 Å². The van der Waals surface area contributed by atoms with E-state index in [9.17, 15) is 9.59 Å². The van der Waals surface area contributed by atoms with E-state index in [2.05, 4.69) is 15.3 Å². The number of fused-ring (bicyclic) bond motifs is 1. The number of carbonyl (C=O) groups is 2. The highest BCUT2D eigenvalue weighted by Crippen LogP contribution is 2.36. The Labute approximate surface area is 145 Å². The van der Waals surface area contributed by atoms with Crippen LogP contribution in [0.3, 0.4) is 0 Å². The van der Waals surface area contributed by atoms with Crippen LogP contribution in [0.15, 0.2) is 54.6 Å². The smallest absolute Gasteiger partial charge is 0.237 e. The molecule has 126 valence electrons. The van der Waals surface area contributed by atoms with E-state index in [1.54, 1.807) is 0 Å². The zero-order chi connectivity index (χ0) is 17.3. The minimum absolute atomic E-state index is 0.194. The fraction of sp³-hybridized carbons (Fsp3) is 0.250. The van der Waals surface area contributed by atoms with Crippen molar-refractivity contribution in [1.29, 1.82) is 0 Å². The molecule has 1 aliphatic heterocycles. The Kier molecular flexibility index (Phi) is 3.84. The molecule has 5 heteroatoms. The van der Waals surface area contributed by atoms with Crippen LogP contribution in [0.5, 0.6) is 0 Å². The number of aromatic nitrogens is 2. The number of aromatic amines is 1. The Morgan fingerprint density at radius 2 is 1.76 bits per heavy atom. The fourth-order valence-electron chi connectivity index (χ4n) is 3.62. The third kappa shape index (κ3) is 2.82. The topological polar surface area (TPSA) is 74.8 Å². The summed E-state index contributed by atoms with van der Waals surface area (Å²) in [5.74, 6) is 0.465. The van der Waals surface area contributed by atoms with E-state index in [0.29, 0.717) is 25.7 Å². The van der Waals surface area contributed by atoms with E-state index in [1.807, 2.05) is 54.6 Å². The van der Waals surface area contributed by atoms with Crippen molar-refractivity contribution in [3.05, 3.63) is 66.0 Å². The number of benzene rings is 2. The maximum atomic E-state index is 12.8. The average Bonchev–Trinajstić information content (AvgIpc) is 3.05. The second-order valence-electron chi connectivity index (χ2n) is 6.53. The number of hydrogen-bond donors (Lipinski definition) is 2. The SMILES string of the molecule is O=C1CC[C@](CCc2nc3ccccc3[nH]2)(c2ccccc2)C(=O)N1. The summed E-state index contributed by atoms with van der Waals surface area (Å²) in [6.07, 6.45) is 2.14. The molecule has 0 spiro atoms. The number of carbonyl (C=O) groups excluding carboxylic acids is 2. The van der Waals surface area contributed by atoms with Gasteiger partial charge in [0.25, 0.3) is 0 Å². The van der Waals surface area contributed by atoms with E-state index in [4.69, 9.17) is 0 Å². The standard InChI is InChI=1S/C20H19N3O2/c24-18-11-13-20(19(25)23-18,14-6-2-1-3-7-14)12-10-17-21-15-8-4-5-9-16(15)22-17/h1-9H,10-13H2,(H,21,22)(H,23,24,25)/t20-/m1/s1. The quantitative estimate of drug-likeness (QED) is 0.721. The molecule has 3 aromatic rings. The molecule has 2 amide bonds. The number of piperidine rings is 1. The summed E-state index contributed by atoms with van der Waals surface area (Å²) in [6, 6.07) is 17.6. The molecule has 1 aromatic heterocycles. The number of hydrogen-bond acceptors (Lipinski definition) is 3. The maximum absolute atomic E-state index is 12.8. The van der Waals surface area contributed by atoms with Gasteiger partial charge in [0.2, 0.25) is 11.8 Å². The summed E-state index contributed by atoms with van der Waals surface area (Å²) in [4.78, 5) is 32.3. The Balaban J connectivity index is 1.64. The second-order valence-corrected chi connectivity index (χ2v) is 6.53. The van der Waals surface area contributed by atoms with Crippen LogP contribution < -0.4 is 5.32 Å². The minimum Gasteiger partial charge on any atom is -0.342 e. The predicted octanol–water partition coefficient (Wildman–Crippen LogP) is 2.87. The predicted molar refractivity (Wildman–Crippen MR) is 94.9 cm³/mol. The second kappa shape index (κ2) is 6.16. The van der Waals surface area contributed by atoms with Gasteiger partial charge < -0.3 is 4.98 Å². The molecule has 0 unspecified atom stereocenters. The molecule has 0 aliphatic carbocycles. The number of nitrogens with zero attached hydrogens (tertiary/aromatic N) is 1. The third-order valence-electron chi connectivity index (χ3n) is 5.02. The van der Waals surface area contributed by atoms with Gasteiger partial charge in [-0.05, 0) is 30.5 Å². The summed E-state index contributed by atoms with van der Waals surface area (Å²) in [5, 5.41) is 2.52. The monoisotopic (exact) mass is 333 g/mol. The lowest BCUT2D eigenvalue weighted by Gasteiger charge is -2.35. The van der Waals surface area contributed by atoms with Crippen LogP contribution >= 0.6 is 0 Å². The van der Waals surface area contributed by atoms with Gasteiger partial charge in [-0.25, -0.2) is 4.98 Å². The first-order valence-electron chi connectivity index (χ1n) is 8.51. The van der Waals surface area contributed by atoms with Crippen molar-refractivity contribution in [2.75, 3.05) is 0 Å². The first kappa shape index (κ1) is 15.6. The van der Waals surface area contributed by atoms with E-state index >= 15 is 0 Å². The maximum Gasteiger partial charge on any atom is 0.237 e. The van der Waals surface area contributed by atoms with Crippen LogP contribution in [0.2, 0.25) is 0 Å². The molecule has 1 fully saturated rings. The zero-order valence-corrected chi connectivity index (χ0v) is 13.8. The van der Waals surface area contributed by atoms with Crippen molar-refractivity contribution >= 4 is 22.8 Å². The number of H-pyrrole nitrogens is 1. The van der Waals surface area contributed by atoms with E-state index in [-0.39, 0.29) is 11.8 Å². The Bertz CT molecular complexity index is 899. The van der Waals surface area contributed by atoms with Crippen molar-refractivity contribution in [3.63, 3.8) is 0 Å². The lowest BCUT2D eigenvalue weighted by molar-refractivity contribution is -0.138. The number of nitrogens with one attached hydrogen (secondary N) is 2. The molecule has 0 radical (unpaired) electrons. The van der Waals surface area contributed by atoms with Gasteiger partial charge in [0.15, 0.2) is 0 Å². The normalized spacial score (nSPS) is 20.6. The first-order valence-corrected chi connectivity index (χ1v) is 8.51. The first-order chi connectivity index (χ1) is 12.2. The van der Waals surface area contributed by atoms with Crippen molar-refractivity contribution in [2.24, 2.45) is 0 Å². The van der Waals surface area contributed by atoms with Crippen molar-refractivity contribution in [1.82, 2.24) is 15.3 Å². The molecule has 1 aliphatic rings. The van der Waals surface area contributed by atoms with E-state index in [1.165, 1.54) is 0 Å². The summed E-state index contributed by atoms with van der Waals surface area (Å²) in [7, 11) is 0. The van der Waals surface area contributed by atoms with E-state index < -0.39 is 5.41 Å². The highest BCUT2D eigenvalue weighted by molar-refractivity contribution is 6.03. The molecule has 0 bridgehead atoms. The molecule has 0 saturated carbocycles. The Morgan fingerprint density at radius 1 is 1.00 bits per heavy atom. The lowest BCUT2D eigenvalue weighted by Crippen LogP contribution is -2.51. The largest absolute Gasteiger partial charge is 0.342 e. The lowest BCUT2D eigenvalue weighted by atomic mass is 9.70. The van der Waals surface area contributed by atoms with Crippen LogP contribution in [-0.2, 0) is 21.4 Å². The molecule has 2 heterocycles. The van der Waals surface area contributed by atoms with Gasteiger partial charge in [0, 0.05) is 12.8 Å². The molecule has 1 saturated heterocycles. The highest BCUT2D eigenvalue weighted by Gasteiger charge is 2.43. The number of imidazole rings is 1. The molecule has 2 N–H and O–H groups in total. The van der Waals surface area contributed by atoms with Crippen LogP contribution in [0.1, 0.15) is 30.7 Å². The van der Waals surface area contributed by atoms with Gasteiger partial charge in [0.1, 0.15) is 5.82 Å². The van der Waals surface area contributed by atoms with Crippen LogP contribution in [0, 0.1) is 0 Å². The van der Waals surface area contributed by atoms with Gasteiger partial charge in [-0.15, -0.1) is 0 Å². The number of aryl methyl sites for hydroxylation is 1. The molecule has 1 atom stereocenters. The third-order valence-corrected chi connectivity index (χ3v) is 5.02. The van der Waals surface area contributed by atoms with Gasteiger partial charge >= 0.3 is 0 Å². The Morgan fingerprint density at radius 3 is 2.52 bits per heavy atom. The zero-order valence-electron chi connectivity index (χ0n) is 13.8. The minimum atomic E-state index is -0.686. The fourth-order valence-corrected chi connectivity index (χ4v) is 3.62. The van der Waals surface area contributed by atoms with Gasteiger partial charge in [0.05, 0.1) is 16.4 Å². The molecule has 25 heavy (non-hydrogen) atoms. The van der Waals surface area contributed by atoms with E-state index in [0.717, 1.165) is 22.4 Å². The summed E-state index contributed by atoms with van der Waals surface area (Å²) in [5.41, 5.74) is 2.19. The molecule has 4 rings (SSSR count). The number of imide groups is 1. The van der Waals surface area contributed by atoms with Crippen molar-refractivity contribution in [3.8, 4) is 0 Å². The van der Waals surface area contributed by atoms with Gasteiger partial charge in [-0.3, -0.25) is 14.9 Å². The molecular weight excluding hydrogens is 314 g/mol. The van der Waals surface area contributed by atoms with Gasteiger partial charge in [-0.1, -0.05) is 42.5 Å². The number of para-hydroxylation sites is 2. The van der Waals surface area contributed by atoms with Crippen molar-refractivity contribution in [2.45, 2.75) is 31.1 Å². The average molecular weight is 333 g/mol. The van der Waals surface area contributed by atoms with Gasteiger partial charge in [-0.2, -0.15) is 0 Å². The highest BCUT2D eigenvalue weighted by atomic mass is 16.2. The summed E-state index contributed by atoms with van der Waals surface area (Å²) < 4.78 is 0. The Hall–Kier alpha value is -2.95. The molecular formula is C20H19N3O2. The number of rotatable bonds is 4. The summed E-state index contributed by atoms with van der Waals surface area (Å²) >= 11 is 0. The molecule has 5 nitrogen and oxygen atoms in total. The van der Waals surface area contributed by atoms with Crippen LogP contribution in [-0.4, -0.2) is 21.8 Å². The summed E-state index contributed by atoms with van der Waals surface area (Å²) in [6.45, 7) is 0. The number of amides is 2.